The van der Waals surface area contributed by atoms with E-state index >= 15 is 0 Å². The van der Waals surface area contributed by atoms with E-state index in [9.17, 15) is 9.59 Å². The first kappa shape index (κ1) is 19.6. The van der Waals surface area contributed by atoms with Crippen molar-refractivity contribution in [2.75, 3.05) is 19.6 Å². The van der Waals surface area contributed by atoms with Gasteiger partial charge in [0.05, 0.1) is 6.54 Å². The van der Waals surface area contributed by atoms with Crippen molar-refractivity contribution in [1.82, 2.24) is 24.9 Å². The maximum atomic E-state index is 12.7. The molecule has 1 atom stereocenters. The normalized spacial score (nSPS) is 20.7. The first-order valence-electron chi connectivity index (χ1n) is 10.1. The number of fused-ring (bicyclic) bond motifs is 2. The molecule has 156 valence electrons. The number of rotatable bonds is 4. The molecule has 4 heterocycles. The predicted octanol–water partition coefficient (Wildman–Crippen LogP) is 1.48. The van der Waals surface area contributed by atoms with Crippen molar-refractivity contribution < 1.29 is 18.8 Å². The summed E-state index contributed by atoms with van der Waals surface area (Å²) in [5, 5.41) is 6.79. The second-order valence-electron chi connectivity index (χ2n) is 8.26. The van der Waals surface area contributed by atoms with Gasteiger partial charge in [-0.05, 0) is 12.8 Å². The third-order valence-electron chi connectivity index (χ3n) is 5.54. The number of piperidine rings is 1. The van der Waals surface area contributed by atoms with E-state index in [0.29, 0.717) is 56.4 Å². The van der Waals surface area contributed by atoms with Gasteiger partial charge < -0.3 is 24.0 Å². The molecule has 1 unspecified atom stereocenters. The number of carbonyl (C=O) groups excluding carboxylic acids is 2. The van der Waals surface area contributed by atoms with Gasteiger partial charge in [0, 0.05) is 50.9 Å². The summed E-state index contributed by atoms with van der Waals surface area (Å²) in [5.74, 6) is 1.55. The fourth-order valence-corrected chi connectivity index (χ4v) is 3.99. The lowest BCUT2D eigenvalue weighted by Gasteiger charge is -2.45. The molecule has 2 aliphatic rings. The van der Waals surface area contributed by atoms with Crippen LogP contribution in [0.1, 0.15) is 48.8 Å². The molecule has 2 aromatic rings. The second-order valence-corrected chi connectivity index (χ2v) is 8.26. The number of carbonyl (C=O) groups is 2. The minimum atomic E-state index is -0.669. The highest BCUT2D eigenvalue weighted by atomic mass is 16.5. The highest BCUT2D eigenvalue weighted by molar-refractivity contribution is 5.92. The molecule has 0 saturated carbocycles. The molecule has 0 aromatic carbocycles. The van der Waals surface area contributed by atoms with Gasteiger partial charge in [-0.1, -0.05) is 19.0 Å². The molecule has 1 N–H and O–H groups in total. The Balaban J connectivity index is 1.48. The molecule has 29 heavy (non-hydrogen) atoms. The minimum absolute atomic E-state index is 0.103. The summed E-state index contributed by atoms with van der Waals surface area (Å²) in [6.45, 7) is 7.93. The quantitative estimate of drug-likeness (QED) is 0.833. The van der Waals surface area contributed by atoms with Gasteiger partial charge >= 0.3 is 0 Å². The molecule has 4 rings (SSSR count). The zero-order chi connectivity index (χ0) is 20.6. The van der Waals surface area contributed by atoms with Crippen molar-refractivity contribution in [1.29, 1.82) is 0 Å². The zero-order valence-electron chi connectivity index (χ0n) is 17.1. The fraction of sp³-hybridized carbons (Fsp3) is 0.600. The number of aryl methyl sites for hydroxylation is 1. The van der Waals surface area contributed by atoms with E-state index in [1.54, 1.807) is 24.1 Å². The number of amides is 2. The first-order valence-corrected chi connectivity index (χ1v) is 10.1. The molecule has 2 aliphatic heterocycles. The van der Waals surface area contributed by atoms with Crippen molar-refractivity contribution in [2.24, 2.45) is 5.92 Å². The lowest BCUT2D eigenvalue weighted by atomic mass is 9.88. The van der Waals surface area contributed by atoms with E-state index in [1.807, 2.05) is 10.8 Å². The summed E-state index contributed by atoms with van der Waals surface area (Å²) >= 11 is 0. The number of imidazole rings is 1. The van der Waals surface area contributed by atoms with Crippen LogP contribution < -0.4 is 5.32 Å². The molecule has 0 radical (unpaired) electrons. The average Bonchev–Trinajstić information content (AvgIpc) is 3.35. The Hall–Kier alpha value is -2.68. The van der Waals surface area contributed by atoms with E-state index in [1.165, 1.54) is 0 Å². The average molecular weight is 401 g/mol. The molecular formula is C20H27N5O4. The number of hydrogen-bond donors (Lipinski definition) is 1. The van der Waals surface area contributed by atoms with Gasteiger partial charge in [-0.3, -0.25) is 9.59 Å². The Morgan fingerprint density at radius 1 is 1.34 bits per heavy atom. The van der Waals surface area contributed by atoms with E-state index < -0.39 is 11.7 Å². The number of aromatic nitrogens is 3. The van der Waals surface area contributed by atoms with Crippen molar-refractivity contribution in [2.45, 2.75) is 51.9 Å². The number of hydrogen-bond acceptors (Lipinski definition) is 6. The summed E-state index contributed by atoms with van der Waals surface area (Å²) in [6, 6.07) is 1.64. The summed E-state index contributed by atoms with van der Waals surface area (Å²) < 4.78 is 13.4. The summed E-state index contributed by atoms with van der Waals surface area (Å²) in [7, 11) is 0. The van der Waals surface area contributed by atoms with Crippen LogP contribution in [-0.4, -0.2) is 57.2 Å². The largest absolute Gasteiger partial charge is 0.361 e. The van der Waals surface area contributed by atoms with Crippen LogP contribution in [0, 0.1) is 12.8 Å². The summed E-state index contributed by atoms with van der Waals surface area (Å²) in [5.41, 5.74) is -0.353. The Labute approximate surface area is 169 Å². The monoisotopic (exact) mass is 401 g/mol. The standard InChI is InChI=1S/C20H27N5O4/c1-13(2)11-22-17(26)16-12-25-9-6-21-19(25)20(28-16)4-7-24(8-5-20)18(27)15-10-14(3)29-23-15/h6,9-10,13,16H,4-5,7-8,11-12H2,1-3H3,(H,22,26). The maximum Gasteiger partial charge on any atom is 0.276 e. The topological polar surface area (TPSA) is 102 Å². The Morgan fingerprint density at radius 2 is 2.10 bits per heavy atom. The molecular weight excluding hydrogens is 374 g/mol. The van der Waals surface area contributed by atoms with Crippen molar-refractivity contribution in [3.8, 4) is 0 Å². The van der Waals surface area contributed by atoms with Gasteiger partial charge in [-0.2, -0.15) is 0 Å². The van der Waals surface area contributed by atoms with Crippen LogP contribution in [-0.2, 0) is 21.7 Å². The van der Waals surface area contributed by atoms with E-state index in [-0.39, 0.29) is 11.8 Å². The Bertz CT molecular complexity index is 894. The highest BCUT2D eigenvalue weighted by Gasteiger charge is 2.47. The molecule has 9 heteroatoms. The SMILES string of the molecule is Cc1cc(C(=O)N2CCC3(CC2)OC(C(=O)NCC(C)C)Cn2ccnc23)no1. The third kappa shape index (κ3) is 3.78. The number of likely N-dealkylation sites (tertiary alicyclic amines) is 1. The van der Waals surface area contributed by atoms with Crippen molar-refractivity contribution in [3.63, 3.8) is 0 Å². The summed E-state index contributed by atoms with van der Waals surface area (Å²) in [6.07, 6.45) is 4.19. The van der Waals surface area contributed by atoms with Crippen LogP contribution >= 0.6 is 0 Å². The summed E-state index contributed by atoms with van der Waals surface area (Å²) in [4.78, 5) is 31.6. The molecule has 1 fully saturated rings. The van der Waals surface area contributed by atoms with Crippen LogP contribution in [0.15, 0.2) is 23.0 Å². The minimum Gasteiger partial charge on any atom is -0.361 e. The molecule has 2 amide bonds. The smallest absolute Gasteiger partial charge is 0.276 e. The van der Waals surface area contributed by atoms with E-state index in [4.69, 9.17) is 9.26 Å². The van der Waals surface area contributed by atoms with E-state index in [0.717, 1.165) is 5.82 Å². The van der Waals surface area contributed by atoms with Crippen LogP contribution in [0.2, 0.25) is 0 Å². The van der Waals surface area contributed by atoms with Gasteiger partial charge in [0.15, 0.2) is 11.8 Å². The fourth-order valence-electron chi connectivity index (χ4n) is 3.99. The lowest BCUT2D eigenvalue weighted by molar-refractivity contribution is -0.172. The van der Waals surface area contributed by atoms with E-state index in [2.05, 4.69) is 29.3 Å². The highest BCUT2D eigenvalue weighted by Crippen LogP contribution is 2.40. The molecule has 0 bridgehead atoms. The molecule has 0 aliphatic carbocycles. The third-order valence-corrected chi connectivity index (χ3v) is 5.54. The number of nitrogens with zero attached hydrogens (tertiary/aromatic N) is 4. The zero-order valence-corrected chi connectivity index (χ0v) is 17.1. The van der Waals surface area contributed by atoms with Crippen molar-refractivity contribution >= 4 is 11.8 Å². The van der Waals surface area contributed by atoms with Crippen molar-refractivity contribution in [3.05, 3.63) is 35.7 Å². The van der Waals surface area contributed by atoms with Gasteiger partial charge in [0.1, 0.15) is 17.2 Å². The Kier molecular flexibility index (Phi) is 5.16. The molecule has 9 nitrogen and oxygen atoms in total. The lowest BCUT2D eigenvalue weighted by Crippen LogP contribution is -2.55. The predicted molar refractivity (Wildman–Crippen MR) is 103 cm³/mol. The second kappa shape index (κ2) is 7.62. The molecule has 2 aromatic heterocycles. The maximum absolute atomic E-state index is 12.7. The first-order chi connectivity index (χ1) is 13.9. The van der Waals surface area contributed by atoms with Crippen LogP contribution in [0.5, 0.6) is 0 Å². The molecule has 1 saturated heterocycles. The molecule has 1 spiro atoms. The van der Waals surface area contributed by atoms with Crippen LogP contribution in [0.3, 0.4) is 0 Å². The Morgan fingerprint density at radius 3 is 2.76 bits per heavy atom. The van der Waals surface area contributed by atoms with Gasteiger partial charge in [0.2, 0.25) is 0 Å². The van der Waals surface area contributed by atoms with Crippen LogP contribution in [0.4, 0.5) is 0 Å². The van der Waals surface area contributed by atoms with Crippen LogP contribution in [0.25, 0.3) is 0 Å². The number of ether oxygens (including phenoxy) is 1. The van der Waals surface area contributed by atoms with Gasteiger partial charge in [-0.25, -0.2) is 4.98 Å². The van der Waals surface area contributed by atoms with Gasteiger partial charge in [0.25, 0.3) is 11.8 Å². The number of nitrogens with one attached hydrogen (secondary N) is 1. The van der Waals surface area contributed by atoms with Gasteiger partial charge in [-0.15, -0.1) is 0 Å².